The van der Waals surface area contributed by atoms with Crippen LogP contribution in [-0.2, 0) is 0 Å². The van der Waals surface area contributed by atoms with Crippen LogP contribution in [0.5, 0.6) is 0 Å². The molecule has 1 nitrogen and oxygen atoms in total. The Morgan fingerprint density at radius 2 is 1.88 bits per heavy atom. The second kappa shape index (κ2) is 4.11. The summed E-state index contributed by atoms with van der Waals surface area (Å²) in [6, 6.07) is 8.31. The zero-order chi connectivity index (χ0) is 11.6. The molecular weight excluding hydrogens is 210 g/mol. The van der Waals surface area contributed by atoms with E-state index >= 15 is 0 Å². The molecular formula is C14H15NSi. The van der Waals surface area contributed by atoms with Gasteiger partial charge in [-0.15, -0.1) is 5.54 Å². The van der Waals surface area contributed by atoms with Crippen LogP contribution in [-0.4, -0.2) is 13.1 Å². The molecule has 0 N–H and O–H groups in total. The van der Waals surface area contributed by atoms with Crippen molar-refractivity contribution in [2.24, 2.45) is 0 Å². The molecule has 1 heterocycles. The lowest BCUT2D eigenvalue weighted by Crippen LogP contribution is -2.16. The minimum atomic E-state index is -1.28. The highest BCUT2D eigenvalue weighted by Gasteiger charge is 2.07. The van der Waals surface area contributed by atoms with Gasteiger partial charge in [0.05, 0.1) is 0 Å². The normalized spacial score (nSPS) is 10.9. The van der Waals surface area contributed by atoms with E-state index in [1.807, 2.05) is 18.5 Å². The highest BCUT2D eigenvalue weighted by atomic mass is 28.3. The van der Waals surface area contributed by atoms with Crippen LogP contribution in [0, 0.1) is 11.5 Å². The summed E-state index contributed by atoms with van der Waals surface area (Å²) in [6.07, 6.45) is 3.70. The molecule has 0 radical (unpaired) electrons. The number of aromatic nitrogens is 1. The van der Waals surface area contributed by atoms with Gasteiger partial charge in [-0.1, -0.05) is 31.6 Å². The van der Waals surface area contributed by atoms with Crippen LogP contribution in [0.25, 0.3) is 10.8 Å². The van der Waals surface area contributed by atoms with Crippen molar-refractivity contribution in [3.8, 4) is 11.5 Å². The lowest BCUT2D eigenvalue weighted by atomic mass is 10.1. The Labute approximate surface area is 97.5 Å². The van der Waals surface area contributed by atoms with Gasteiger partial charge in [0.1, 0.15) is 8.07 Å². The first-order valence-electron chi connectivity index (χ1n) is 5.42. The largest absolute Gasteiger partial charge is 0.264 e. The third-order valence-electron chi connectivity index (χ3n) is 2.22. The maximum absolute atomic E-state index is 4.12. The maximum atomic E-state index is 4.12. The van der Waals surface area contributed by atoms with Gasteiger partial charge in [0, 0.05) is 23.3 Å². The first-order chi connectivity index (χ1) is 7.54. The molecule has 0 saturated carbocycles. The van der Waals surface area contributed by atoms with Gasteiger partial charge in [-0.3, -0.25) is 4.98 Å². The van der Waals surface area contributed by atoms with E-state index < -0.39 is 8.07 Å². The lowest BCUT2D eigenvalue weighted by Gasteiger charge is -2.03. The molecule has 2 heteroatoms. The molecule has 1 aromatic heterocycles. The highest BCUT2D eigenvalue weighted by Crippen LogP contribution is 2.13. The molecule has 2 aromatic rings. The van der Waals surface area contributed by atoms with Crippen LogP contribution in [0.1, 0.15) is 5.56 Å². The van der Waals surface area contributed by atoms with Crippen LogP contribution in [0.3, 0.4) is 0 Å². The van der Waals surface area contributed by atoms with E-state index in [0.717, 1.165) is 10.9 Å². The molecule has 0 aliphatic carbocycles. The van der Waals surface area contributed by atoms with Gasteiger partial charge in [-0.25, -0.2) is 0 Å². The minimum absolute atomic E-state index is 1.09. The maximum Gasteiger partial charge on any atom is 0.129 e. The van der Waals surface area contributed by atoms with Crippen LogP contribution in [0.4, 0.5) is 0 Å². The lowest BCUT2D eigenvalue weighted by molar-refractivity contribution is 1.36. The summed E-state index contributed by atoms with van der Waals surface area (Å²) in [5.41, 5.74) is 4.46. The number of hydrogen-bond acceptors (Lipinski definition) is 1. The number of fused-ring (bicyclic) bond motifs is 1. The molecule has 0 atom stereocenters. The van der Waals surface area contributed by atoms with E-state index in [1.165, 1.54) is 5.39 Å². The fourth-order valence-electron chi connectivity index (χ4n) is 1.42. The highest BCUT2D eigenvalue weighted by molar-refractivity contribution is 6.83. The summed E-state index contributed by atoms with van der Waals surface area (Å²) in [7, 11) is -1.28. The Hall–Kier alpha value is -1.59. The number of pyridine rings is 1. The summed E-state index contributed by atoms with van der Waals surface area (Å²) in [4.78, 5) is 4.12. The molecule has 0 bridgehead atoms. The molecule has 80 valence electrons. The fourth-order valence-corrected chi connectivity index (χ4v) is 1.94. The SMILES string of the molecule is C[Si](C)(C)C#Cc1ccc2ccncc2c1. The summed E-state index contributed by atoms with van der Waals surface area (Å²) >= 11 is 0. The van der Waals surface area contributed by atoms with Crippen molar-refractivity contribution < 1.29 is 0 Å². The molecule has 0 saturated heterocycles. The molecule has 0 spiro atoms. The standard InChI is InChI=1S/C14H15NSi/c1-16(2,3)9-7-12-4-5-13-6-8-15-11-14(13)10-12/h4-6,8,10-11H,1-3H3. The Balaban J connectivity index is 2.43. The van der Waals surface area contributed by atoms with E-state index in [2.05, 4.69) is 54.3 Å². The molecule has 0 unspecified atom stereocenters. The van der Waals surface area contributed by atoms with E-state index in [4.69, 9.17) is 0 Å². The Morgan fingerprint density at radius 3 is 2.62 bits per heavy atom. The molecule has 0 aliphatic heterocycles. The summed E-state index contributed by atoms with van der Waals surface area (Å²) in [5, 5.41) is 2.37. The Bertz CT molecular complexity index is 570. The smallest absolute Gasteiger partial charge is 0.129 e. The van der Waals surface area contributed by atoms with Crippen molar-refractivity contribution in [2.75, 3.05) is 0 Å². The van der Waals surface area contributed by atoms with Crippen molar-refractivity contribution in [1.82, 2.24) is 4.98 Å². The van der Waals surface area contributed by atoms with Crippen molar-refractivity contribution >= 4 is 18.8 Å². The number of benzene rings is 1. The zero-order valence-electron chi connectivity index (χ0n) is 9.91. The average molecular weight is 225 g/mol. The van der Waals surface area contributed by atoms with Gasteiger partial charge in [-0.2, -0.15) is 0 Å². The molecule has 0 aliphatic rings. The Morgan fingerprint density at radius 1 is 1.06 bits per heavy atom. The number of nitrogens with zero attached hydrogens (tertiary/aromatic N) is 1. The van der Waals surface area contributed by atoms with Crippen LogP contribution in [0.15, 0.2) is 36.7 Å². The van der Waals surface area contributed by atoms with Gasteiger partial charge < -0.3 is 0 Å². The fraction of sp³-hybridized carbons (Fsp3) is 0.214. The predicted molar refractivity (Wildman–Crippen MR) is 72.0 cm³/mol. The molecule has 2 rings (SSSR count). The molecule has 1 aromatic carbocycles. The van der Waals surface area contributed by atoms with Crippen molar-refractivity contribution in [1.29, 1.82) is 0 Å². The molecule has 16 heavy (non-hydrogen) atoms. The van der Waals surface area contributed by atoms with Crippen molar-refractivity contribution in [2.45, 2.75) is 19.6 Å². The monoisotopic (exact) mass is 225 g/mol. The molecule has 0 fully saturated rings. The van der Waals surface area contributed by atoms with Crippen LogP contribution in [0.2, 0.25) is 19.6 Å². The average Bonchev–Trinajstić information content (AvgIpc) is 2.25. The number of hydrogen-bond donors (Lipinski definition) is 0. The van der Waals surface area contributed by atoms with Gasteiger partial charge in [0.15, 0.2) is 0 Å². The van der Waals surface area contributed by atoms with Crippen LogP contribution < -0.4 is 0 Å². The van der Waals surface area contributed by atoms with Crippen LogP contribution >= 0.6 is 0 Å². The van der Waals surface area contributed by atoms with E-state index in [1.54, 1.807) is 0 Å². The van der Waals surface area contributed by atoms with Gasteiger partial charge in [0.2, 0.25) is 0 Å². The topological polar surface area (TPSA) is 12.9 Å². The predicted octanol–water partition coefficient (Wildman–Crippen LogP) is 3.46. The van der Waals surface area contributed by atoms with Gasteiger partial charge >= 0.3 is 0 Å². The second-order valence-corrected chi connectivity index (χ2v) is 9.69. The van der Waals surface area contributed by atoms with E-state index in [-0.39, 0.29) is 0 Å². The summed E-state index contributed by atoms with van der Waals surface area (Å²) < 4.78 is 0. The number of rotatable bonds is 0. The van der Waals surface area contributed by atoms with Gasteiger partial charge in [0.25, 0.3) is 0 Å². The van der Waals surface area contributed by atoms with Gasteiger partial charge in [-0.05, 0) is 23.6 Å². The Kier molecular flexibility index (Phi) is 2.80. The summed E-state index contributed by atoms with van der Waals surface area (Å²) in [6.45, 7) is 6.76. The second-order valence-electron chi connectivity index (χ2n) is 4.94. The first kappa shape index (κ1) is 10.9. The minimum Gasteiger partial charge on any atom is -0.264 e. The third-order valence-corrected chi connectivity index (χ3v) is 3.10. The van der Waals surface area contributed by atoms with E-state index in [0.29, 0.717) is 0 Å². The zero-order valence-corrected chi connectivity index (χ0v) is 10.9. The first-order valence-corrected chi connectivity index (χ1v) is 8.92. The van der Waals surface area contributed by atoms with Crippen molar-refractivity contribution in [3.05, 3.63) is 42.2 Å². The summed E-state index contributed by atoms with van der Waals surface area (Å²) in [5.74, 6) is 3.26. The quantitative estimate of drug-likeness (QED) is 0.494. The van der Waals surface area contributed by atoms with Crippen molar-refractivity contribution in [3.63, 3.8) is 0 Å². The third kappa shape index (κ3) is 2.71. The van der Waals surface area contributed by atoms with E-state index in [9.17, 15) is 0 Å². The molecule has 0 amide bonds.